The number of rotatable bonds is 7. The summed E-state index contributed by atoms with van der Waals surface area (Å²) in [7, 11) is 4.05. The van der Waals surface area contributed by atoms with Crippen molar-refractivity contribution in [2.45, 2.75) is 19.0 Å². The third-order valence-corrected chi connectivity index (χ3v) is 9.44. The van der Waals surface area contributed by atoms with Crippen LogP contribution in [0.5, 0.6) is 17.2 Å². The number of halogens is 1. The third-order valence-electron chi connectivity index (χ3n) is 9.44. The van der Waals surface area contributed by atoms with E-state index in [4.69, 9.17) is 9.47 Å². The highest BCUT2D eigenvalue weighted by atomic mass is 35.5. The Hall–Kier alpha value is -5.77. The quantitative estimate of drug-likeness (QED) is 0.185. The molecule has 9 nitrogen and oxygen atoms in total. The summed E-state index contributed by atoms with van der Waals surface area (Å²) in [6.07, 6.45) is 2.55. The van der Waals surface area contributed by atoms with Crippen LogP contribution in [0.2, 0.25) is 0 Å². The van der Waals surface area contributed by atoms with Crippen molar-refractivity contribution >= 4 is 46.5 Å². The number of phenols is 1. The van der Waals surface area contributed by atoms with Crippen molar-refractivity contribution in [3.8, 4) is 22.9 Å². The van der Waals surface area contributed by atoms with Gasteiger partial charge in [-0.3, -0.25) is 14.5 Å². The summed E-state index contributed by atoms with van der Waals surface area (Å²) < 4.78 is 13.5. The van der Waals surface area contributed by atoms with Crippen LogP contribution in [-0.2, 0) is 13.0 Å². The predicted molar refractivity (Wildman–Crippen MR) is 200 cm³/mol. The van der Waals surface area contributed by atoms with Gasteiger partial charge in [0.15, 0.2) is 11.5 Å². The first-order valence-corrected chi connectivity index (χ1v) is 16.6. The second-order valence-electron chi connectivity index (χ2n) is 13.0. The molecule has 0 fully saturated rings. The van der Waals surface area contributed by atoms with Crippen LogP contribution in [0.1, 0.15) is 31.8 Å². The molecule has 51 heavy (non-hydrogen) atoms. The van der Waals surface area contributed by atoms with E-state index in [0.29, 0.717) is 52.8 Å². The molecule has 0 aliphatic carbocycles. The van der Waals surface area contributed by atoms with E-state index in [0.717, 1.165) is 22.9 Å². The van der Waals surface area contributed by atoms with E-state index in [9.17, 15) is 14.7 Å². The third kappa shape index (κ3) is 6.26. The van der Waals surface area contributed by atoms with Gasteiger partial charge in [0.2, 0.25) is 6.79 Å². The number of para-hydroxylation sites is 2. The summed E-state index contributed by atoms with van der Waals surface area (Å²) in [5.41, 5.74) is 5.92. The molecule has 0 saturated heterocycles. The molecule has 0 bridgehead atoms. The molecule has 2 aliphatic heterocycles. The van der Waals surface area contributed by atoms with E-state index >= 15 is 0 Å². The lowest BCUT2D eigenvalue weighted by molar-refractivity contribution is 0.0606. The Morgan fingerprint density at radius 1 is 0.784 bits per heavy atom. The SMILES string of the molecule is CN(C)C[C@@H]1Cc2ccccc2CN1C(=O)c1cc2c(cc1-n1cc(C(=O)N(c3ccccc3)c3ccc(O)cc3)c3ccccc31)OCO2.Cl. The summed E-state index contributed by atoms with van der Waals surface area (Å²) in [5.74, 6) is 0.764. The summed E-state index contributed by atoms with van der Waals surface area (Å²) in [4.78, 5) is 35.3. The molecule has 5 aromatic carbocycles. The molecule has 1 aromatic heterocycles. The average Bonchev–Trinajstić information content (AvgIpc) is 3.76. The minimum absolute atomic E-state index is 0. The molecule has 0 unspecified atom stereocenters. The first kappa shape index (κ1) is 33.7. The van der Waals surface area contributed by atoms with Gasteiger partial charge in [0.25, 0.3) is 11.8 Å². The fourth-order valence-corrected chi connectivity index (χ4v) is 7.10. The first-order valence-electron chi connectivity index (χ1n) is 16.6. The second-order valence-corrected chi connectivity index (χ2v) is 13.0. The van der Waals surface area contributed by atoms with E-state index < -0.39 is 0 Å². The molecule has 6 aromatic rings. The number of hydrogen-bond donors (Lipinski definition) is 1. The van der Waals surface area contributed by atoms with Crippen LogP contribution in [0.25, 0.3) is 16.6 Å². The van der Waals surface area contributed by atoms with Gasteiger partial charge in [0, 0.05) is 48.2 Å². The van der Waals surface area contributed by atoms with E-state index in [1.807, 2.05) is 90.3 Å². The number of hydrogen-bond acceptors (Lipinski definition) is 6. The predicted octanol–water partition coefficient (Wildman–Crippen LogP) is 7.59. The number of fused-ring (bicyclic) bond motifs is 3. The summed E-state index contributed by atoms with van der Waals surface area (Å²) in [5, 5.41) is 10.7. The number of carbonyl (C=O) groups excluding carboxylic acids is 2. The van der Waals surface area contributed by atoms with Crippen molar-refractivity contribution in [3.05, 3.63) is 144 Å². The van der Waals surface area contributed by atoms with E-state index in [1.165, 1.54) is 5.56 Å². The van der Waals surface area contributed by atoms with E-state index in [-0.39, 0.29) is 42.8 Å². The molecule has 0 spiro atoms. The molecule has 1 N–H and O–H groups in total. The summed E-state index contributed by atoms with van der Waals surface area (Å²) in [6.45, 7) is 1.25. The second kappa shape index (κ2) is 13.9. The number of phenolic OH excluding ortho intramolecular Hbond substituents is 1. The zero-order valence-corrected chi connectivity index (χ0v) is 29.0. The molecule has 3 heterocycles. The summed E-state index contributed by atoms with van der Waals surface area (Å²) in [6, 6.07) is 35.5. The molecule has 0 saturated carbocycles. The van der Waals surface area contributed by atoms with Crippen LogP contribution < -0.4 is 14.4 Å². The van der Waals surface area contributed by atoms with Gasteiger partial charge in [-0.1, -0.05) is 60.7 Å². The van der Waals surface area contributed by atoms with Gasteiger partial charge in [-0.15, -0.1) is 12.4 Å². The number of anilines is 2. The minimum Gasteiger partial charge on any atom is -0.508 e. The normalized spacial score (nSPS) is 14.6. The Morgan fingerprint density at radius 3 is 2.18 bits per heavy atom. The topological polar surface area (TPSA) is 87.5 Å². The van der Waals surface area contributed by atoms with Crippen LogP contribution in [0.3, 0.4) is 0 Å². The van der Waals surface area contributed by atoms with Crippen LogP contribution in [0, 0.1) is 0 Å². The van der Waals surface area contributed by atoms with Gasteiger partial charge < -0.3 is 28.9 Å². The highest BCUT2D eigenvalue weighted by Crippen LogP contribution is 2.40. The van der Waals surface area contributed by atoms with Crippen molar-refractivity contribution in [2.24, 2.45) is 0 Å². The number of ether oxygens (including phenoxy) is 2. The van der Waals surface area contributed by atoms with E-state index in [2.05, 4.69) is 23.1 Å². The van der Waals surface area contributed by atoms with Crippen LogP contribution >= 0.6 is 12.4 Å². The molecule has 8 rings (SSSR count). The lowest BCUT2D eigenvalue weighted by atomic mass is 9.92. The number of nitrogens with zero attached hydrogens (tertiary/aromatic N) is 4. The standard InChI is InChI=1S/C41H36N4O5.ClH/c1-42(2)24-31-20-27-10-6-7-11-28(27)23-43(31)40(47)34-21-38-39(50-26-49-38)22-37(34)44-25-35(33-14-8-9-15-36(33)44)41(48)45(29-12-4-3-5-13-29)30-16-18-32(46)19-17-30;/h3-19,21-22,25,31,46H,20,23-24,26H2,1-2H3;1H/t31-;/m0./s1. The van der Waals surface area contributed by atoms with Gasteiger partial charge in [-0.2, -0.15) is 0 Å². The molecule has 258 valence electrons. The Labute approximate surface area is 302 Å². The highest BCUT2D eigenvalue weighted by Gasteiger charge is 2.34. The number of aromatic nitrogens is 1. The Balaban J connectivity index is 0.00000406. The number of benzene rings is 5. The Kier molecular flexibility index (Phi) is 9.16. The fourth-order valence-electron chi connectivity index (χ4n) is 7.10. The fraction of sp³-hybridized carbons (Fsp3) is 0.171. The van der Waals surface area contributed by atoms with Gasteiger partial charge >= 0.3 is 0 Å². The summed E-state index contributed by atoms with van der Waals surface area (Å²) >= 11 is 0. The first-order chi connectivity index (χ1) is 24.4. The van der Waals surface area contributed by atoms with Gasteiger partial charge in [-0.25, -0.2) is 0 Å². The average molecular weight is 701 g/mol. The lowest BCUT2D eigenvalue weighted by Crippen LogP contribution is -2.49. The number of aromatic hydroxyl groups is 1. The molecule has 2 amide bonds. The largest absolute Gasteiger partial charge is 0.508 e. The zero-order chi connectivity index (χ0) is 34.4. The van der Waals surface area contributed by atoms with Crippen LogP contribution in [0.4, 0.5) is 11.4 Å². The van der Waals surface area contributed by atoms with Crippen LogP contribution in [-0.4, -0.2) is 64.8 Å². The smallest absolute Gasteiger partial charge is 0.265 e. The minimum atomic E-state index is -0.260. The lowest BCUT2D eigenvalue weighted by Gasteiger charge is -2.38. The molecular formula is C41H37ClN4O5. The molecule has 1 atom stereocenters. The Morgan fingerprint density at radius 2 is 1.43 bits per heavy atom. The van der Waals surface area contributed by atoms with Gasteiger partial charge in [0.1, 0.15) is 5.75 Å². The van der Waals surface area contributed by atoms with Crippen LogP contribution in [0.15, 0.2) is 121 Å². The maximum absolute atomic E-state index is 14.9. The van der Waals surface area contributed by atoms with Crippen molar-refractivity contribution in [1.29, 1.82) is 0 Å². The number of carbonyl (C=O) groups is 2. The highest BCUT2D eigenvalue weighted by molar-refractivity contribution is 6.17. The maximum Gasteiger partial charge on any atom is 0.265 e. The molecule has 2 aliphatic rings. The van der Waals surface area contributed by atoms with Crippen molar-refractivity contribution in [1.82, 2.24) is 14.4 Å². The van der Waals surface area contributed by atoms with Gasteiger partial charge in [-0.05, 0) is 80.2 Å². The van der Waals surface area contributed by atoms with Crippen molar-refractivity contribution in [2.75, 3.05) is 32.3 Å². The van der Waals surface area contributed by atoms with Gasteiger partial charge in [0.05, 0.1) is 22.3 Å². The monoisotopic (exact) mass is 700 g/mol. The number of likely N-dealkylation sites (N-methyl/N-ethyl adjacent to an activating group) is 1. The maximum atomic E-state index is 14.9. The van der Waals surface area contributed by atoms with Crippen molar-refractivity contribution in [3.63, 3.8) is 0 Å². The molecule has 10 heteroatoms. The van der Waals surface area contributed by atoms with Crippen molar-refractivity contribution < 1.29 is 24.2 Å². The molecule has 0 radical (unpaired) electrons. The zero-order valence-electron chi connectivity index (χ0n) is 28.2. The molecular weight excluding hydrogens is 664 g/mol. The Bertz CT molecular complexity index is 2240. The number of amides is 2. The van der Waals surface area contributed by atoms with E-state index in [1.54, 1.807) is 41.4 Å².